The van der Waals surface area contributed by atoms with Crippen LogP contribution < -0.4 is 10.6 Å². The Morgan fingerprint density at radius 1 is 1.40 bits per heavy atom. The van der Waals surface area contributed by atoms with E-state index in [1.165, 1.54) is 0 Å². The van der Waals surface area contributed by atoms with Crippen molar-refractivity contribution in [2.24, 2.45) is 0 Å². The molecule has 0 aromatic heterocycles. The lowest BCUT2D eigenvalue weighted by Crippen LogP contribution is -2.36. The Bertz CT molecular complexity index is 438. The number of rotatable bonds is 0. The fourth-order valence-corrected chi connectivity index (χ4v) is 2.69. The standard InChI is InChI=1S/C11H11ClN2O/c12-7-1-2-8-9(5-7)14-10(15)11(8)3-4-13-6-11/h1-2,5,13H,3-4,6H2,(H,14,15)/t11-/m0/s1. The second-order valence-electron chi connectivity index (χ2n) is 4.15. The van der Waals surface area contributed by atoms with Crippen molar-refractivity contribution >= 4 is 23.2 Å². The van der Waals surface area contributed by atoms with Crippen molar-refractivity contribution in [1.29, 1.82) is 0 Å². The topological polar surface area (TPSA) is 41.1 Å². The molecule has 2 N–H and O–H groups in total. The van der Waals surface area contributed by atoms with E-state index in [9.17, 15) is 4.79 Å². The zero-order valence-electron chi connectivity index (χ0n) is 8.14. The molecule has 1 amide bonds. The molecule has 1 aromatic rings. The number of amides is 1. The van der Waals surface area contributed by atoms with Crippen molar-refractivity contribution in [3.63, 3.8) is 0 Å². The molecule has 2 aliphatic heterocycles. The average Bonchev–Trinajstić information content (AvgIpc) is 2.76. The van der Waals surface area contributed by atoms with E-state index in [0.717, 1.165) is 30.8 Å². The summed E-state index contributed by atoms with van der Waals surface area (Å²) in [6, 6.07) is 5.63. The number of anilines is 1. The summed E-state index contributed by atoms with van der Waals surface area (Å²) in [6.07, 6.45) is 0.869. The van der Waals surface area contributed by atoms with Gasteiger partial charge in [0.25, 0.3) is 0 Å². The Balaban J connectivity index is 2.17. The smallest absolute Gasteiger partial charge is 0.236 e. The van der Waals surface area contributed by atoms with Gasteiger partial charge in [-0.05, 0) is 30.7 Å². The number of benzene rings is 1. The largest absolute Gasteiger partial charge is 0.325 e. The Morgan fingerprint density at radius 2 is 2.27 bits per heavy atom. The van der Waals surface area contributed by atoms with Crippen LogP contribution in [0.5, 0.6) is 0 Å². The van der Waals surface area contributed by atoms with Crippen LogP contribution in [0.1, 0.15) is 12.0 Å². The monoisotopic (exact) mass is 222 g/mol. The highest BCUT2D eigenvalue weighted by Crippen LogP contribution is 2.42. The fourth-order valence-electron chi connectivity index (χ4n) is 2.52. The summed E-state index contributed by atoms with van der Waals surface area (Å²) in [7, 11) is 0. The predicted octanol–water partition coefficient (Wildman–Crippen LogP) is 1.52. The normalized spacial score (nSPS) is 28.2. The minimum absolute atomic E-state index is 0.102. The van der Waals surface area contributed by atoms with Crippen LogP contribution in [-0.4, -0.2) is 19.0 Å². The van der Waals surface area contributed by atoms with Crippen LogP contribution in [0.25, 0.3) is 0 Å². The van der Waals surface area contributed by atoms with Gasteiger partial charge in [0.15, 0.2) is 0 Å². The Kier molecular flexibility index (Phi) is 1.82. The van der Waals surface area contributed by atoms with E-state index < -0.39 is 0 Å². The van der Waals surface area contributed by atoms with Gasteiger partial charge in [-0.1, -0.05) is 17.7 Å². The van der Waals surface area contributed by atoms with Gasteiger partial charge in [-0.25, -0.2) is 0 Å². The third kappa shape index (κ3) is 1.13. The first-order valence-electron chi connectivity index (χ1n) is 5.05. The molecule has 0 radical (unpaired) electrons. The zero-order valence-corrected chi connectivity index (χ0v) is 8.90. The molecular weight excluding hydrogens is 212 g/mol. The van der Waals surface area contributed by atoms with E-state index in [4.69, 9.17) is 11.6 Å². The Hall–Kier alpha value is -1.06. The molecule has 15 heavy (non-hydrogen) atoms. The Labute approximate surface area is 92.8 Å². The third-order valence-corrected chi connectivity index (χ3v) is 3.57. The maximum Gasteiger partial charge on any atom is 0.236 e. The summed E-state index contributed by atoms with van der Waals surface area (Å²) < 4.78 is 0. The first kappa shape index (κ1) is 9.19. The molecule has 1 aromatic carbocycles. The number of hydrogen-bond donors (Lipinski definition) is 2. The summed E-state index contributed by atoms with van der Waals surface area (Å²) in [5.41, 5.74) is 1.61. The highest BCUT2D eigenvalue weighted by Gasteiger charge is 2.48. The van der Waals surface area contributed by atoms with Gasteiger partial charge in [0.05, 0.1) is 5.41 Å². The van der Waals surface area contributed by atoms with Crippen LogP contribution >= 0.6 is 11.6 Å². The van der Waals surface area contributed by atoms with Crippen LogP contribution in [-0.2, 0) is 10.2 Å². The van der Waals surface area contributed by atoms with Gasteiger partial charge in [-0.3, -0.25) is 4.79 Å². The third-order valence-electron chi connectivity index (χ3n) is 3.34. The molecule has 4 heteroatoms. The molecule has 0 saturated carbocycles. The Morgan fingerprint density at radius 3 is 3.00 bits per heavy atom. The number of hydrogen-bond acceptors (Lipinski definition) is 2. The second-order valence-corrected chi connectivity index (χ2v) is 4.59. The van der Waals surface area contributed by atoms with Gasteiger partial charge in [0.1, 0.15) is 0 Å². The van der Waals surface area contributed by atoms with Crippen LogP contribution in [0.3, 0.4) is 0 Å². The van der Waals surface area contributed by atoms with E-state index in [1.54, 1.807) is 0 Å². The van der Waals surface area contributed by atoms with Gasteiger partial charge in [0.2, 0.25) is 5.91 Å². The van der Waals surface area contributed by atoms with Crippen LogP contribution in [0.2, 0.25) is 5.02 Å². The van der Waals surface area contributed by atoms with Crippen molar-refractivity contribution in [3.05, 3.63) is 28.8 Å². The summed E-state index contributed by atoms with van der Waals surface area (Å²) in [6.45, 7) is 1.63. The van der Waals surface area contributed by atoms with Crippen molar-refractivity contribution in [2.45, 2.75) is 11.8 Å². The van der Waals surface area contributed by atoms with Crippen LogP contribution in [0.4, 0.5) is 5.69 Å². The van der Waals surface area contributed by atoms with Gasteiger partial charge < -0.3 is 10.6 Å². The van der Waals surface area contributed by atoms with E-state index >= 15 is 0 Å². The number of fused-ring (bicyclic) bond motifs is 2. The van der Waals surface area contributed by atoms with E-state index in [-0.39, 0.29) is 11.3 Å². The predicted molar refractivity (Wildman–Crippen MR) is 59.2 cm³/mol. The van der Waals surface area contributed by atoms with Crippen molar-refractivity contribution in [1.82, 2.24) is 5.32 Å². The molecule has 3 nitrogen and oxygen atoms in total. The number of halogens is 1. The van der Waals surface area contributed by atoms with E-state index in [1.807, 2.05) is 18.2 Å². The number of nitrogens with one attached hydrogen (secondary N) is 2. The lowest BCUT2D eigenvalue weighted by Gasteiger charge is -2.19. The molecular formula is C11H11ClN2O. The molecule has 1 fully saturated rings. The lowest BCUT2D eigenvalue weighted by molar-refractivity contribution is -0.120. The maximum absolute atomic E-state index is 12.0. The van der Waals surface area contributed by atoms with Gasteiger partial charge in [-0.2, -0.15) is 0 Å². The van der Waals surface area contributed by atoms with Crippen molar-refractivity contribution in [3.8, 4) is 0 Å². The summed E-state index contributed by atoms with van der Waals surface area (Å²) in [4.78, 5) is 12.0. The zero-order chi connectivity index (χ0) is 10.5. The van der Waals surface area contributed by atoms with Crippen molar-refractivity contribution in [2.75, 3.05) is 18.4 Å². The van der Waals surface area contributed by atoms with Gasteiger partial charge in [-0.15, -0.1) is 0 Å². The summed E-state index contributed by atoms with van der Waals surface area (Å²) >= 11 is 5.90. The second kappa shape index (κ2) is 2.97. The molecule has 2 heterocycles. The minimum Gasteiger partial charge on any atom is -0.325 e. The van der Waals surface area contributed by atoms with E-state index in [2.05, 4.69) is 10.6 Å². The molecule has 1 atom stereocenters. The number of carbonyl (C=O) groups is 1. The quantitative estimate of drug-likeness (QED) is 0.699. The number of carbonyl (C=O) groups excluding carboxylic acids is 1. The van der Waals surface area contributed by atoms with Gasteiger partial charge in [0, 0.05) is 17.3 Å². The summed E-state index contributed by atoms with van der Waals surface area (Å²) in [5.74, 6) is 0.102. The average molecular weight is 223 g/mol. The highest BCUT2D eigenvalue weighted by atomic mass is 35.5. The fraction of sp³-hybridized carbons (Fsp3) is 0.364. The SMILES string of the molecule is O=C1Nc2cc(Cl)ccc2[C@@]12CCNC2. The lowest BCUT2D eigenvalue weighted by atomic mass is 9.81. The first-order valence-corrected chi connectivity index (χ1v) is 5.42. The summed E-state index contributed by atoms with van der Waals surface area (Å²) in [5, 5.41) is 6.82. The minimum atomic E-state index is -0.347. The van der Waals surface area contributed by atoms with Crippen LogP contribution in [0, 0.1) is 0 Å². The molecule has 78 valence electrons. The highest BCUT2D eigenvalue weighted by molar-refractivity contribution is 6.31. The van der Waals surface area contributed by atoms with E-state index in [0.29, 0.717) is 5.02 Å². The molecule has 0 bridgehead atoms. The molecule has 1 saturated heterocycles. The first-order chi connectivity index (χ1) is 7.22. The van der Waals surface area contributed by atoms with Crippen LogP contribution in [0.15, 0.2) is 18.2 Å². The maximum atomic E-state index is 12.0. The molecule has 2 aliphatic rings. The van der Waals surface area contributed by atoms with Gasteiger partial charge >= 0.3 is 0 Å². The molecule has 3 rings (SSSR count). The molecule has 1 spiro atoms. The molecule has 0 aliphatic carbocycles. The molecule has 0 unspecified atom stereocenters. The van der Waals surface area contributed by atoms with Crippen molar-refractivity contribution < 1.29 is 4.79 Å².